The van der Waals surface area contributed by atoms with Crippen molar-refractivity contribution in [1.29, 1.82) is 0 Å². The van der Waals surface area contributed by atoms with Crippen LogP contribution in [0.1, 0.15) is 37.0 Å². The van der Waals surface area contributed by atoms with Crippen molar-refractivity contribution in [1.82, 2.24) is 15.5 Å². The maximum absolute atomic E-state index is 13.9. The Morgan fingerprint density at radius 1 is 1.00 bits per heavy atom. The van der Waals surface area contributed by atoms with E-state index in [2.05, 4.69) is 10.6 Å². The van der Waals surface area contributed by atoms with E-state index >= 15 is 0 Å². The zero-order chi connectivity index (χ0) is 35.0. The van der Waals surface area contributed by atoms with E-state index in [-0.39, 0.29) is 41.5 Å². The van der Waals surface area contributed by atoms with Crippen LogP contribution in [0.25, 0.3) is 16.9 Å². The number of ketones is 2. The first-order valence-electron chi connectivity index (χ1n) is 15.1. The minimum absolute atomic E-state index is 0.0503. The number of Topliss-reactive ketones (excluding diaryl/α,β-unsaturated/α-hetero) is 2. The van der Waals surface area contributed by atoms with Crippen molar-refractivity contribution in [2.45, 2.75) is 45.3 Å². The van der Waals surface area contributed by atoms with Gasteiger partial charge in [-0.2, -0.15) is 0 Å². The lowest BCUT2D eigenvalue weighted by Crippen LogP contribution is -2.65. The molecule has 0 aromatic heterocycles. The van der Waals surface area contributed by atoms with Crippen LogP contribution < -0.4 is 16.4 Å². The molecule has 250 valence electrons. The van der Waals surface area contributed by atoms with Crippen LogP contribution in [0.5, 0.6) is 5.75 Å². The van der Waals surface area contributed by atoms with Gasteiger partial charge in [-0.1, -0.05) is 35.9 Å². The van der Waals surface area contributed by atoms with Gasteiger partial charge in [0.05, 0.1) is 11.6 Å². The maximum atomic E-state index is 13.9. The van der Waals surface area contributed by atoms with Crippen LogP contribution in [-0.4, -0.2) is 93.4 Å². The molecule has 13 heteroatoms. The summed E-state index contributed by atoms with van der Waals surface area (Å²) in [4.78, 5) is 61.1. The summed E-state index contributed by atoms with van der Waals surface area (Å²) in [6, 6.07) is 9.82. The van der Waals surface area contributed by atoms with Gasteiger partial charge < -0.3 is 36.8 Å². The quantitative estimate of drug-likeness (QED) is 0.175. The molecule has 0 unspecified atom stereocenters. The van der Waals surface area contributed by atoms with Gasteiger partial charge in [0.25, 0.3) is 5.91 Å². The van der Waals surface area contributed by atoms with Gasteiger partial charge in [-0.05, 0) is 62.5 Å². The van der Waals surface area contributed by atoms with E-state index in [1.54, 1.807) is 20.2 Å². The number of carbonyl (C=O) groups is 5. The van der Waals surface area contributed by atoms with Crippen LogP contribution in [0.2, 0.25) is 0 Å². The van der Waals surface area contributed by atoms with Gasteiger partial charge in [0.15, 0.2) is 11.4 Å². The van der Waals surface area contributed by atoms with Crippen molar-refractivity contribution in [2.24, 2.45) is 17.6 Å². The average Bonchev–Trinajstić information content (AvgIpc) is 2.97. The Hall–Kier alpha value is -5.01. The van der Waals surface area contributed by atoms with E-state index in [1.165, 1.54) is 24.8 Å². The average molecular weight is 649 g/mol. The number of hydrogen-bond donors (Lipinski definition) is 7. The van der Waals surface area contributed by atoms with Gasteiger partial charge in [0, 0.05) is 38.4 Å². The van der Waals surface area contributed by atoms with Gasteiger partial charge in [0.1, 0.15) is 22.8 Å². The second kappa shape index (κ2) is 13.4. The summed E-state index contributed by atoms with van der Waals surface area (Å²) >= 11 is 0. The summed E-state index contributed by atoms with van der Waals surface area (Å²) in [5.41, 5.74) is 5.10. The van der Waals surface area contributed by atoms with E-state index < -0.39 is 58.0 Å². The van der Waals surface area contributed by atoms with Crippen LogP contribution in [0.15, 0.2) is 53.3 Å². The largest absolute Gasteiger partial charge is 0.508 e. The fourth-order valence-corrected chi connectivity index (χ4v) is 6.80. The number of hydrogen-bond acceptors (Lipinski definition) is 10. The molecule has 5 rings (SSSR count). The highest BCUT2D eigenvalue weighted by molar-refractivity contribution is 6.24. The summed E-state index contributed by atoms with van der Waals surface area (Å²) in [5.74, 6) is -6.76. The first kappa shape index (κ1) is 34.9. The van der Waals surface area contributed by atoms with E-state index in [9.17, 15) is 44.4 Å². The molecule has 3 aliphatic rings. The van der Waals surface area contributed by atoms with Crippen LogP contribution in [0.3, 0.4) is 0 Å². The summed E-state index contributed by atoms with van der Waals surface area (Å²) in [6.07, 6.45) is 0.293. The Morgan fingerprint density at radius 2 is 1.62 bits per heavy atom. The molecule has 0 heterocycles. The molecule has 1 fully saturated rings. The highest BCUT2D eigenvalue weighted by Gasteiger charge is 2.64. The maximum Gasteiger partial charge on any atom is 0.255 e. The number of likely N-dealkylation sites (N-methyl/N-ethyl adjacent to an activating group) is 1. The van der Waals surface area contributed by atoms with Crippen molar-refractivity contribution in [3.63, 3.8) is 0 Å². The van der Waals surface area contributed by atoms with E-state index in [0.717, 1.165) is 16.7 Å². The Labute approximate surface area is 271 Å². The zero-order valence-electron chi connectivity index (χ0n) is 26.9. The molecule has 13 nitrogen and oxygen atoms in total. The smallest absolute Gasteiger partial charge is 0.255 e. The van der Waals surface area contributed by atoms with Crippen molar-refractivity contribution in [3.8, 4) is 16.9 Å². The first-order chi connectivity index (χ1) is 22.0. The number of fused-ring (bicyclic) bond motifs is 3. The molecule has 8 N–H and O–H groups in total. The lowest BCUT2D eigenvalue weighted by molar-refractivity contribution is -0.153. The van der Waals surface area contributed by atoms with Crippen LogP contribution in [0, 0.1) is 18.8 Å². The lowest BCUT2D eigenvalue weighted by atomic mass is 9.57. The van der Waals surface area contributed by atoms with E-state index in [1.807, 2.05) is 31.2 Å². The molecule has 3 amide bonds. The van der Waals surface area contributed by atoms with Gasteiger partial charge in [0.2, 0.25) is 17.6 Å². The summed E-state index contributed by atoms with van der Waals surface area (Å²) in [5, 5.41) is 49.7. The Kier molecular flexibility index (Phi) is 9.92. The second-order valence-electron chi connectivity index (χ2n) is 12.3. The zero-order valence-corrected chi connectivity index (χ0v) is 26.9. The van der Waals surface area contributed by atoms with Crippen molar-refractivity contribution in [3.05, 3.63) is 70.0 Å². The number of nitrogens with one attached hydrogen (secondary N) is 2. The van der Waals surface area contributed by atoms with E-state index in [4.69, 9.17) is 5.73 Å². The number of phenols is 1. The van der Waals surface area contributed by atoms with Gasteiger partial charge in [-0.15, -0.1) is 0 Å². The normalized spacial score (nSPS) is 23.3. The molecule has 4 atom stereocenters. The Morgan fingerprint density at radius 3 is 2.15 bits per heavy atom. The van der Waals surface area contributed by atoms with Crippen molar-refractivity contribution in [2.75, 3.05) is 27.2 Å². The SMILES string of the molecule is CC(=O)NCCNC(C)=O.Cc1cccc(-c2ccc(O)c3c2C[C@H]2C[C@H]4[C@H](N(C)C)C(=O)C(C(N)=O)=C(O)[C@@]4(O)C(=O)C2=C3O)c1. The van der Waals surface area contributed by atoms with Gasteiger partial charge in [-0.25, -0.2) is 0 Å². The third-order valence-corrected chi connectivity index (χ3v) is 8.81. The molecular formula is C34H40N4O9. The summed E-state index contributed by atoms with van der Waals surface area (Å²) in [7, 11) is 3.14. The number of nitrogens with two attached hydrogens (primary N) is 1. The minimum atomic E-state index is -2.64. The number of nitrogens with zero attached hydrogens (tertiary/aromatic N) is 1. The number of phenolic OH excluding ortho intramolecular Hbond substituents is 1. The number of rotatable bonds is 6. The fraction of sp³-hybridized carbons (Fsp3) is 0.382. The number of aliphatic hydroxyl groups excluding tert-OH is 2. The van der Waals surface area contributed by atoms with Crippen LogP contribution >= 0.6 is 0 Å². The number of aryl methyl sites for hydroxylation is 1. The topological polar surface area (TPSA) is 220 Å². The Balaban J connectivity index is 0.000000434. The molecule has 2 aromatic carbocycles. The molecule has 47 heavy (non-hydrogen) atoms. The predicted octanol–water partition coefficient (Wildman–Crippen LogP) is 1.20. The molecule has 3 aliphatic carbocycles. The van der Waals surface area contributed by atoms with E-state index in [0.29, 0.717) is 18.7 Å². The molecule has 0 bridgehead atoms. The van der Waals surface area contributed by atoms with Crippen molar-refractivity contribution >= 4 is 35.0 Å². The standard InChI is InChI=1S/C28H28N2O7.C6H12N2O2/c1-12-5-4-6-13(9-12)15-7-8-18(31)20-16(15)10-14-11-17-22(30(2)3)24(33)21(27(29)36)26(35)28(17,37)25(34)19(14)23(20)32;1-5(9)7-3-4-8-6(2)10/h4-9,14,17,22,31-32,35,37H,10-11H2,1-3H3,(H2,29,36);3-4H2,1-2H3,(H,7,9)(H,8,10)/t14-,17-,22-,28-;/m0./s1. The second-order valence-corrected chi connectivity index (χ2v) is 12.3. The third-order valence-electron chi connectivity index (χ3n) is 8.81. The van der Waals surface area contributed by atoms with Crippen LogP contribution in [-0.2, 0) is 30.4 Å². The molecular weight excluding hydrogens is 608 g/mol. The van der Waals surface area contributed by atoms with Gasteiger partial charge in [-0.3, -0.25) is 28.9 Å². The Bertz CT molecular complexity index is 1710. The number of benzene rings is 2. The fourth-order valence-electron chi connectivity index (χ4n) is 6.80. The van der Waals surface area contributed by atoms with Gasteiger partial charge >= 0.3 is 0 Å². The number of amides is 3. The number of carbonyl (C=O) groups excluding carboxylic acids is 5. The summed E-state index contributed by atoms with van der Waals surface area (Å²) < 4.78 is 0. The molecule has 0 radical (unpaired) electrons. The number of primary amides is 1. The molecule has 1 saturated carbocycles. The number of aromatic hydroxyl groups is 1. The van der Waals surface area contributed by atoms with Crippen molar-refractivity contribution < 1.29 is 44.4 Å². The molecule has 0 saturated heterocycles. The predicted molar refractivity (Wildman–Crippen MR) is 172 cm³/mol. The first-order valence-corrected chi connectivity index (χ1v) is 15.1. The lowest BCUT2D eigenvalue weighted by Gasteiger charge is -2.50. The molecule has 0 aliphatic heterocycles. The highest BCUT2D eigenvalue weighted by Crippen LogP contribution is 2.53. The van der Waals surface area contributed by atoms with Crippen LogP contribution in [0.4, 0.5) is 0 Å². The third kappa shape index (κ3) is 6.36. The summed E-state index contributed by atoms with van der Waals surface area (Å²) in [6.45, 7) is 5.82. The molecule has 2 aromatic rings. The monoisotopic (exact) mass is 648 g/mol. The minimum Gasteiger partial charge on any atom is -0.508 e. The molecule has 0 spiro atoms. The highest BCUT2D eigenvalue weighted by atomic mass is 16.3. The number of aliphatic hydroxyl groups is 3.